The van der Waals surface area contributed by atoms with Gasteiger partial charge in [-0.15, -0.1) is 0 Å². The van der Waals surface area contributed by atoms with Crippen molar-refractivity contribution in [2.45, 2.75) is 46.6 Å². The largest absolute Gasteiger partial charge is 0.507 e. The number of aryl methyl sites for hydroxylation is 2. The van der Waals surface area contributed by atoms with Crippen LogP contribution in [0.15, 0.2) is 42.5 Å². The van der Waals surface area contributed by atoms with E-state index in [1.807, 2.05) is 58.0 Å². The van der Waals surface area contributed by atoms with Crippen LogP contribution in [0.1, 0.15) is 43.2 Å². The number of benzene rings is 2. The number of hydrogen-bond donors (Lipinski definition) is 3. The Kier molecular flexibility index (Phi) is 5.82. The van der Waals surface area contributed by atoms with Crippen LogP contribution in [0.4, 0.5) is 15.0 Å². The van der Waals surface area contributed by atoms with Gasteiger partial charge in [-0.05, 0) is 43.7 Å². The quantitative estimate of drug-likeness (QED) is 0.569. The topological polar surface area (TPSA) is 79.2 Å². The molecular formula is C23H27FN4O2. The first-order valence-electron chi connectivity index (χ1n) is 9.75. The monoisotopic (exact) mass is 410 g/mol. The van der Waals surface area contributed by atoms with Crippen LogP contribution in [0, 0.1) is 19.7 Å². The van der Waals surface area contributed by atoms with E-state index in [0.717, 1.165) is 16.9 Å². The molecule has 30 heavy (non-hydrogen) atoms. The Balaban J connectivity index is 1.82. The number of phenolic OH excluding ortho intramolecular Hbond substituents is 1. The van der Waals surface area contributed by atoms with Crippen LogP contribution in [-0.4, -0.2) is 20.9 Å². The van der Waals surface area contributed by atoms with Gasteiger partial charge in [-0.3, -0.25) is 5.32 Å². The first-order chi connectivity index (χ1) is 14.0. The Bertz CT molecular complexity index is 1070. The lowest BCUT2D eigenvalue weighted by Crippen LogP contribution is -2.29. The van der Waals surface area contributed by atoms with Crippen molar-refractivity contribution in [2.24, 2.45) is 0 Å². The lowest BCUT2D eigenvalue weighted by molar-refractivity contribution is 0.251. The number of nitrogens with one attached hydrogen (secondary N) is 2. The number of carbonyl (C=O) groups is 1. The van der Waals surface area contributed by atoms with Gasteiger partial charge in [-0.1, -0.05) is 38.5 Å². The lowest BCUT2D eigenvalue weighted by Gasteiger charge is -2.14. The smallest absolute Gasteiger partial charge is 0.320 e. The highest BCUT2D eigenvalue weighted by atomic mass is 19.1. The van der Waals surface area contributed by atoms with E-state index in [2.05, 4.69) is 15.7 Å². The van der Waals surface area contributed by atoms with E-state index >= 15 is 0 Å². The Labute approximate surface area is 175 Å². The summed E-state index contributed by atoms with van der Waals surface area (Å²) in [5, 5.41) is 20.2. The zero-order chi connectivity index (χ0) is 22.1. The van der Waals surface area contributed by atoms with Crippen molar-refractivity contribution in [1.82, 2.24) is 15.1 Å². The second-order valence-electron chi connectivity index (χ2n) is 8.45. The molecule has 158 valence electrons. The third-order valence-corrected chi connectivity index (χ3v) is 4.78. The third kappa shape index (κ3) is 4.79. The molecule has 0 radical (unpaired) electrons. The van der Waals surface area contributed by atoms with Gasteiger partial charge in [0.2, 0.25) is 0 Å². The number of aromatic nitrogens is 2. The molecular weight excluding hydrogens is 383 g/mol. The maximum absolute atomic E-state index is 13.6. The minimum Gasteiger partial charge on any atom is -0.507 e. The average molecular weight is 410 g/mol. The molecule has 0 aliphatic rings. The number of urea groups is 1. The van der Waals surface area contributed by atoms with E-state index in [-0.39, 0.29) is 17.7 Å². The van der Waals surface area contributed by atoms with E-state index in [0.29, 0.717) is 16.9 Å². The molecule has 0 aliphatic heterocycles. The molecule has 2 amide bonds. The summed E-state index contributed by atoms with van der Waals surface area (Å²) < 4.78 is 15.3. The van der Waals surface area contributed by atoms with E-state index < -0.39 is 11.8 Å². The molecule has 3 aromatic rings. The molecule has 3 rings (SSSR count). The highest BCUT2D eigenvalue weighted by molar-refractivity contribution is 5.88. The van der Waals surface area contributed by atoms with E-state index in [9.17, 15) is 14.3 Å². The van der Waals surface area contributed by atoms with Crippen molar-refractivity contribution in [1.29, 1.82) is 0 Å². The molecule has 0 atom stereocenters. The summed E-state index contributed by atoms with van der Waals surface area (Å²) in [6, 6.07) is 11.6. The Hall–Kier alpha value is -3.35. The second-order valence-corrected chi connectivity index (χ2v) is 8.45. The van der Waals surface area contributed by atoms with Crippen molar-refractivity contribution in [3.63, 3.8) is 0 Å². The SMILES string of the molecule is Cc1ccc(-n2nc(C(C)(C)C)cc2NC(=O)NCc2cc(F)cc(C)c2O)cc1. The number of hydrogen-bond acceptors (Lipinski definition) is 3. The number of rotatable bonds is 4. The van der Waals surface area contributed by atoms with Gasteiger partial charge < -0.3 is 10.4 Å². The molecule has 3 N–H and O–H groups in total. The number of nitrogens with zero attached hydrogens (tertiary/aromatic N) is 2. The molecule has 6 nitrogen and oxygen atoms in total. The van der Waals surface area contributed by atoms with Crippen molar-refractivity contribution >= 4 is 11.8 Å². The molecule has 7 heteroatoms. The third-order valence-electron chi connectivity index (χ3n) is 4.78. The van der Waals surface area contributed by atoms with Crippen molar-refractivity contribution in [2.75, 3.05) is 5.32 Å². The van der Waals surface area contributed by atoms with Crippen LogP contribution in [0.25, 0.3) is 5.69 Å². The number of aromatic hydroxyl groups is 1. The van der Waals surface area contributed by atoms with Crippen molar-refractivity contribution in [3.8, 4) is 11.4 Å². The number of amides is 2. The fraction of sp³-hybridized carbons (Fsp3) is 0.304. The number of carbonyl (C=O) groups excluding carboxylic acids is 1. The molecule has 1 aromatic heterocycles. The van der Waals surface area contributed by atoms with Gasteiger partial charge in [0, 0.05) is 23.6 Å². The molecule has 0 bridgehead atoms. The molecule has 0 spiro atoms. The molecule has 1 heterocycles. The Morgan fingerprint density at radius 3 is 2.43 bits per heavy atom. The van der Waals surface area contributed by atoms with Gasteiger partial charge in [0.15, 0.2) is 0 Å². The summed E-state index contributed by atoms with van der Waals surface area (Å²) in [6.45, 7) is 9.75. The summed E-state index contributed by atoms with van der Waals surface area (Å²) in [5.41, 5.74) is 3.30. The van der Waals surface area contributed by atoms with Crippen LogP contribution in [0.3, 0.4) is 0 Å². The summed E-state index contributed by atoms with van der Waals surface area (Å²) in [7, 11) is 0. The summed E-state index contributed by atoms with van der Waals surface area (Å²) in [5.74, 6) is 0.0205. The minimum absolute atomic E-state index is 0.0128. The molecule has 0 unspecified atom stereocenters. The highest BCUT2D eigenvalue weighted by Gasteiger charge is 2.21. The summed E-state index contributed by atoms with van der Waals surface area (Å²) >= 11 is 0. The van der Waals surface area contributed by atoms with Crippen LogP contribution >= 0.6 is 0 Å². The van der Waals surface area contributed by atoms with E-state index in [1.54, 1.807) is 11.6 Å². The molecule has 2 aromatic carbocycles. The maximum atomic E-state index is 13.6. The molecule has 0 aliphatic carbocycles. The first kappa shape index (κ1) is 21.4. The van der Waals surface area contributed by atoms with Crippen molar-refractivity contribution < 1.29 is 14.3 Å². The van der Waals surface area contributed by atoms with Gasteiger partial charge in [0.1, 0.15) is 17.4 Å². The second kappa shape index (κ2) is 8.18. The predicted octanol–water partition coefficient (Wildman–Crippen LogP) is 4.95. The fourth-order valence-corrected chi connectivity index (χ4v) is 3.00. The van der Waals surface area contributed by atoms with Gasteiger partial charge in [-0.25, -0.2) is 13.9 Å². The van der Waals surface area contributed by atoms with Gasteiger partial charge >= 0.3 is 6.03 Å². The Morgan fingerprint density at radius 1 is 1.13 bits per heavy atom. The van der Waals surface area contributed by atoms with E-state index in [1.165, 1.54) is 12.1 Å². The van der Waals surface area contributed by atoms with E-state index in [4.69, 9.17) is 0 Å². The number of anilines is 1. The molecule has 0 saturated heterocycles. The first-order valence-corrected chi connectivity index (χ1v) is 9.75. The van der Waals surface area contributed by atoms with Crippen LogP contribution in [0.2, 0.25) is 0 Å². The Morgan fingerprint density at radius 2 is 1.80 bits per heavy atom. The van der Waals surface area contributed by atoms with Crippen LogP contribution in [0.5, 0.6) is 5.75 Å². The zero-order valence-electron chi connectivity index (χ0n) is 17.9. The highest BCUT2D eigenvalue weighted by Crippen LogP contribution is 2.27. The molecule has 0 fully saturated rings. The minimum atomic E-state index is -0.481. The number of halogens is 1. The zero-order valence-corrected chi connectivity index (χ0v) is 17.9. The van der Waals surface area contributed by atoms with Gasteiger partial charge in [0.05, 0.1) is 11.4 Å². The predicted molar refractivity (Wildman–Crippen MR) is 116 cm³/mol. The standard InChI is InChI=1S/C23H27FN4O2/c1-14-6-8-18(9-7-14)28-20(12-19(27-28)23(3,4)5)26-22(30)25-13-16-11-17(24)10-15(2)21(16)29/h6-12,29H,13H2,1-5H3,(H2,25,26,30). The molecule has 0 saturated carbocycles. The summed E-state index contributed by atoms with van der Waals surface area (Å²) in [4.78, 5) is 12.5. The number of phenols is 1. The van der Waals surface area contributed by atoms with Gasteiger partial charge in [-0.2, -0.15) is 5.10 Å². The van der Waals surface area contributed by atoms with Crippen LogP contribution in [-0.2, 0) is 12.0 Å². The average Bonchev–Trinajstić information content (AvgIpc) is 3.08. The summed E-state index contributed by atoms with van der Waals surface area (Å²) in [6.07, 6.45) is 0. The lowest BCUT2D eigenvalue weighted by atomic mass is 9.92. The van der Waals surface area contributed by atoms with Crippen molar-refractivity contribution in [3.05, 3.63) is 70.7 Å². The van der Waals surface area contributed by atoms with Gasteiger partial charge in [0.25, 0.3) is 0 Å². The normalized spacial score (nSPS) is 11.4. The fourth-order valence-electron chi connectivity index (χ4n) is 3.00. The van der Waals surface area contributed by atoms with Crippen LogP contribution < -0.4 is 10.6 Å². The maximum Gasteiger partial charge on any atom is 0.320 e.